The molecule has 0 unspecified atom stereocenters. The van der Waals surface area contributed by atoms with E-state index in [9.17, 15) is 0 Å². The maximum atomic E-state index is 5.26. The van der Waals surface area contributed by atoms with E-state index < -0.39 is 0 Å². The molecule has 1 aliphatic rings. The second kappa shape index (κ2) is 8.30. The van der Waals surface area contributed by atoms with Crippen LogP contribution in [0.2, 0.25) is 0 Å². The number of methoxy groups -OCH3 is 1. The van der Waals surface area contributed by atoms with Gasteiger partial charge in [-0.05, 0) is 40.8 Å². The molecule has 0 saturated carbocycles. The first kappa shape index (κ1) is 18.3. The molecule has 0 bridgehead atoms. The van der Waals surface area contributed by atoms with Gasteiger partial charge in [0.05, 0.1) is 7.11 Å². The lowest BCUT2D eigenvalue weighted by atomic mass is 9.95. The van der Waals surface area contributed by atoms with Crippen molar-refractivity contribution in [1.82, 2.24) is 4.90 Å². The van der Waals surface area contributed by atoms with Gasteiger partial charge in [-0.25, -0.2) is 0 Å². The van der Waals surface area contributed by atoms with Gasteiger partial charge in [0.25, 0.3) is 0 Å². The molecule has 142 valence electrons. The molecule has 4 rings (SSSR count). The number of nitrogens with zero attached hydrogens (tertiary/aromatic N) is 2. The Kier molecular flexibility index (Phi) is 5.43. The molecular formula is C25H26N2O. The van der Waals surface area contributed by atoms with E-state index >= 15 is 0 Å². The predicted octanol–water partition coefficient (Wildman–Crippen LogP) is 5.26. The summed E-state index contributed by atoms with van der Waals surface area (Å²) in [5.74, 6) is 2.05. The van der Waals surface area contributed by atoms with Crippen molar-refractivity contribution in [3.8, 4) is 5.75 Å². The Morgan fingerprint density at radius 3 is 2.36 bits per heavy atom. The summed E-state index contributed by atoms with van der Waals surface area (Å²) in [4.78, 5) is 7.53. The van der Waals surface area contributed by atoms with E-state index in [0.29, 0.717) is 0 Å². The summed E-state index contributed by atoms with van der Waals surface area (Å²) in [5, 5.41) is 0. The fourth-order valence-electron chi connectivity index (χ4n) is 3.80. The second-order valence-electron chi connectivity index (χ2n) is 7.26. The van der Waals surface area contributed by atoms with Gasteiger partial charge in [0.15, 0.2) is 0 Å². The van der Waals surface area contributed by atoms with Crippen molar-refractivity contribution in [1.29, 1.82) is 0 Å². The summed E-state index contributed by atoms with van der Waals surface area (Å²) in [6.45, 7) is 0.890. The van der Waals surface area contributed by atoms with Crippen molar-refractivity contribution in [3.63, 3.8) is 0 Å². The van der Waals surface area contributed by atoms with Gasteiger partial charge in [-0.3, -0.25) is 4.99 Å². The molecular weight excluding hydrogens is 344 g/mol. The van der Waals surface area contributed by atoms with Gasteiger partial charge in [0.2, 0.25) is 0 Å². The fourth-order valence-corrected chi connectivity index (χ4v) is 3.80. The average Bonchev–Trinajstić information content (AvgIpc) is 2.89. The number of rotatable bonds is 5. The first-order valence-electron chi connectivity index (χ1n) is 9.78. The van der Waals surface area contributed by atoms with Crippen LogP contribution in [0.3, 0.4) is 0 Å². The molecule has 1 heterocycles. The minimum atomic E-state index is 0.0493. The molecule has 0 fully saturated rings. The average molecular weight is 370 g/mol. The molecule has 1 atom stereocenters. The normalized spacial score (nSPS) is 16.1. The van der Waals surface area contributed by atoms with E-state index in [4.69, 9.17) is 9.73 Å². The number of aliphatic imine (C=N–C) groups is 1. The highest BCUT2D eigenvalue weighted by Gasteiger charge is 2.23. The van der Waals surface area contributed by atoms with Crippen LogP contribution in [0.5, 0.6) is 5.75 Å². The van der Waals surface area contributed by atoms with Crippen LogP contribution < -0.4 is 4.74 Å². The number of aryl methyl sites for hydroxylation is 1. The van der Waals surface area contributed by atoms with Crippen LogP contribution in [0.15, 0.2) is 83.9 Å². The molecule has 28 heavy (non-hydrogen) atoms. The van der Waals surface area contributed by atoms with E-state index in [0.717, 1.165) is 31.0 Å². The lowest BCUT2D eigenvalue weighted by Crippen LogP contribution is -2.26. The van der Waals surface area contributed by atoms with Crippen LogP contribution in [0.25, 0.3) is 0 Å². The highest BCUT2D eigenvalue weighted by Crippen LogP contribution is 2.32. The Bertz CT molecular complexity index is 948. The van der Waals surface area contributed by atoms with Crippen LogP contribution in [-0.2, 0) is 13.0 Å². The molecule has 3 heteroatoms. The Balaban J connectivity index is 1.63. The van der Waals surface area contributed by atoms with Gasteiger partial charge in [-0.2, -0.15) is 0 Å². The molecule has 0 amide bonds. The van der Waals surface area contributed by atoms with Crippen molar-refractivity contribution in [3.05, 3.63) is 101 Å². The Morgan fingerprint density at radius 1 is 0.893 bits per heavy atom. The first-order valence-corrected chi connectivity index (χ1v) is 9.78. The van der Waals surface area contributed by atoms with E-state index in [1.807, 2.05) is 12.1 Å². The van der Waals surface area contributed by atoms with Gasteiger partial charge < -0.3 is 9.64 Å². The number of benzene rings is 3. The molecule has 0 aromatic heterocycles. The SMILES string of the molecule is COc1ccc(CCC2=N[C@H](c3ccccc3)c3ccccc3CN2C)cc1. The molecule has 0 saturated heterocycles. The summed E-state index contributed by atoms with van der Waals surface area (Å²) in [6.07, 6.45) is 1.88. The Morgan fingerprint density at radius 2 is 1.61 bits per heavy atom. The largest absolute Gasteiger partial charge is 0.497 e. The van der Waals surface area contributed by atoms with Crippen molar-refractivity contribution in [2.75, 3.05) is 14.2 Å². The highest BCUT2D eigenvalue weighted by atomic mass is 16.5. The molecule has 0 spiro atoms. The Hall–Kier alpha value is -3.07. The van der Waals surface area contributed by atoms with Crippen molar-refractivity contribution in [2.24, 2.45) is 4.99 Å². The van der Waals surface area contributed by atoms with Gasteiger partial charge in [-0.15, -0.1) is 0 Å². The third kappa shape index (κ3) is 3.94. The van der Waals surface area contributed by atoms with Crippen LogP contribution in [0.4, 0.5) is 0 Å². The summed E-state index contributed by atoms with van der Waals surface area (Å²) in [6, 6.07) is 27.7. The summed E-state index contributed by atoms with van der Waals surface area (Å²) in [5.41, 5.74) is 5.20. The number of fused-ring (bicyclic) bond motifs is 1. The third-order valence-electron chi connectivity index (χ3n) is 5.39. The first-order chi connectivity index (χ1) is 13.7. The predicted molar refractivity (Wildman–Crippen MR) is 115 cm³/mol. The van der Waals surface area contributed by atoms with Gasteiger partial charge in [0.1, 0.15) is 17.6 Å². The summed E-state index contributed by atoms with van der Waals surface area (Å²) < 4.78 is 5.26. The summed E-state index contributed by atoms with van der Waals surface area (Å²) >= 11 is 0. The zero-order chi connectivity index (χ0) is 19.3. The second-order valence-corrected chi connectivity index (χ2v) is 7.26. The maximum Gasteiger partial charge on any atom is 0.118 e. The Labute approximate surface area is 167 Å². The van der Waals surface area contributed by atoms with E-state index in [1.165, 1.54) is 22.3 Å². The fraction of sp³-hybridized carbons (Fsp3) is 0.240. The molecule has 0 aliphatic carbocycles. The van der Waals surface area contributed by atoms with Crippen molar-refractivity contribution >= 4 is 5.84 Å². The van der Waals surface area contributed by atoms with Gasteiger partial charge in [-0.1, -0.05) is 66.7 Å². The van der Waals surface area contributed by atoms with Gasteiger partial charge >= 0.3 is 0 Å². The molecule has 1 aliphatic heterocycles. The minimum absolute atomic E-state index is 0.0493. The highest BCUT2D eigenvalue weighted by molar-refractivity contribution is 5.83. The quantitative estimate of drug-likeness (QED) is 0.612. The zero-order valence-corrected chi connectivity index (χ0v) is 16.5. The minimum Gasteiger partial charge on any atom is -0.497 e. The van der Waals surface area contributed by atoms with Crippen LogP contribution >= 0.6 is 0 Å². The monoisotopic (exact) mass is 370 g/mol. The number of ether oxygens (including phenoxy) is 1. The van der Waals surface area contributed by atoms with E-state index in [1.54, 1.807) is 7.11 Å². The van der Waals surface area contributed by atoms with Crippen LogP contribution in [0.1, 0.15) is 34.7 Å². The smallest absolute Gasteiger partial charge is 0.118 e. The molecule has 0 N–H and O–H groups in total. The molecule has 0 radical (unpaired) electrons. The number of hydrogen-bond acceptors (Lipinski definition) is 3. The van der Waals surface area contributed by atoms with Crippen LogP contribution in [-0.4, -0.2) is 24.9 Å². The third-order valence-corrected chi connectivity index (χ3v) is 5.39. The molecule has 3 nitrogen and oxygen atoms in total. The summed E-state index contributed by atoms with van der Waals surface area (Å²) in [7, 11) is 3.85. The van der Waals surface area contributed by atoms with E-state index in [2.05, 4.69) is 78.7 Å². The van der Waals surface area contributed by atoms with E-state index in [-0.39, 0.29) is 6.04 Å². The lowest BCUT2D eigenvalue weighted by Gasteiger charge is -2.20. The number of hydrogen-bond donors (Lipinski definition) is 0. The van der Waals surface area contributed by atoms with Crippen LogP contribution in [0, 0.1) is 0 Å². The maximum absolute atomic E-state index is 5.26. The van der Waals surface area contributed by atoms with Crippen molar-refractivity contribution < 1.29 is 4.74 Å². The standard InChI is InChI=1S/C25H26N2O/c1-27-18-21-10-6-7-11-23(21)25(20-8-4-3-5-9-20)26-24(27)17-14-19-12-15-22(28-2)16-13-19/h3-13,15-16,25H,14,17-18H2,1-2H3/t25-/m1/s1. The number of amidine groups is 1. The lowest BCUT2D eigenvalue weighted by molar-refractivity contribution is 0.414. The molecule has 3 aromatic rings. The van der Waals surface area contributed by atoms with Crippen molar-refractivity contribution in [2.45, 2.75) is 25.4 Å². The topological polar surface area (TPSA) is 24.8 Å². The van der Waals surface area contributed by atoms with Gasteiger partial charge in [0, 0.05) is 20.0 Å². The molecule has 3 aromatic carbocycles. The zero-order valence-electron chi connectivity index (χ0n) is 16.5.